The van der Waals surface area contributed by atoms with E-state index in [-0.39, 0.29) is 12.0 Å². The predicted molar refractivity (Wildman–Crippen MR) is 93.3 cm³/mol. The number of aromatic nitrogens is 2. The van der Waals surface area contributed by atoms with E-state index in [1.54, 1.807) is 30.3 Å². The van der Waals surface area contributed by atoms with Crippen molar-refractivity contribution in [1.29, 1.82) is 0 Å². The van der Waals surface area contributed by atoms with E-state index in [9.17, 15) is 39.6 Å². The quantitative estimate of drug-likeness (QED) is 0.175. The Kier molecular flexibility index (Phi) is 5.69. The molecule has 1 aliphatic heterocycles. The highest BCUT2D eigenvalue weighted by atomic mass is 19.1. The van der Waals surface area contributed by atoms with Gasteiger partial charge in [-0.3, -0.25) is 9.78 Å². The number of hydroxylamine groups is 2. The summed E-state index contributed by atoms with van der Waals surface area (Å²) in [6.07, 6.45) is -3.04. The van der Waals surface area contributed by atoms with Crippen LogP contribution in [0.3, 0.4) is 0 Å². The topological polar surface area (TPSA) is 168 Å². The number of rotatable bonds is 6. The van der Waals surface area contributed by atoms with Gasteiger partial charge in [0, 0.05) is 18.2 Å². The van der Waals surface area contributed by atoms with Crippen LogP contribution in [0.4, 0.5) is 4.39 Å². The van der Waals surface area contributed by atoms with Crippen molar-refractivity contribution in [3.8, 4) is 0 Å². The fraction of sp³-hybridized carbons (Fsp3) is 0.412. The first-order chi connectivity index (χ1) is 13.7. The van der Waals surface area contributed by atoms with Gasteiger partial charge in [0.25, 0.3) is 5.56 Å². The number of aliphatic hydroxyl groups is 4. The van der Waals surface area contributed by atoms with Crippen LogP contribution < -0.4 is 11.2 Å². The zero-order valence-corrected chi connectivity index (χ0v) is 15.0. The molecule has 1 aromatic carbocycles. The van der Waals surface area contributed by atoms with Gasteiger partial charge in [-0.15, -0.1) is 5.06 Å². The van der Waals surface area contributed by atoms with Crippen molar-refractivity contribution in [2.45, 2.75) is 30.3 Å². The molecule has 11 nitrogen and oxygen atoms in total. The monoisotopic (exact) mass is 413 g/mol. The van der Waals surface area contributed by atoms with Crippen molar-refractivity contribution in [3.63, 3.8) is 0 Å². The lowest BCUT2D eigenvalue weighted by Crippen LogP contribution is -2.68. The molecule has 0 saturated carbocycles. The van der Waals surface area contributed by atoms with Crippen LogP contribution in [0.15, 0.2) is 46.1 Å². The number of ether oxygens (including phenoxy) is 1. The van der Waals surface area contributed by atoms with Crippen LogP contribution in [0.5, 0.6) is 0 Å². The van der Waals surface area contributed by atoms with Gasteiger partial charge in [-0.2, -0.15) is 0 Å². The minimum atomic E-state index is -3.29. The number of nitrogens with zero attached hydrogens (tertiary/aromatic N) is 2. The molecule has 1 aliphatic rings. The van der Waals surface area contributed by atoms with Crippen molar-refractivity contribution < 1.29 is 34.8 Å². The van der Waals surface area contributed by atoms with Gasteiger partial charge in [0.05, 0.1) is 6.61 Å². The third-order valence-corrected chi connectivity index (χ3v) is 4.83. The molecule has 1 saturated heterocycles. The van der Waals surface area contributed by atoms with Crippen LogP contribution in [0.2, 0.25) is 0 Å². The lowest BCUT2D eigenvalue weighted by Gasteiger charge is -2.40. The van der Waals surface area contributed by atoms with Gasteiger partial charge in [-0.1, -0.05) is 30.3 Å². The molecule has 0 bridgehead atoms. The largest absolute Gasteiger partial charge is 0.394 e. The maximum Gasteiger partial charge on any atom is 0.332 e. The van der Waals surface area contributed by atoms with E-state index in [1.807, 2.05) is 4.98 Å². The third kappa shape index (κ3) is 3.30. The molecule has 1 aromatic heterocycles. The summed E-state index contributed by atoms with van der Waals surface area (Å²) in [5.41, 5.74) is -4.71. The molecule has 3 rings (SSSR count). The summed E-state index contributed by atoms with van der Waals surface area (Å²) < 4.78 is 18.5. The zero-order chi connectivity index (χ0) is 21.4. The van der Waals surface area contributed by atoms with Crippen molar-refractivity contribution in [2.24, 2.45) is 0 Å². The lowest BCUT2D eigenvalue weighted by atomic mass is 10.0. The van der Waals surface area contributed by atoms with Crippen LogP contribution >= 0.6 is 0 Å². The van der Waals surface area contributed by atoms with Gasteiger partial charge < -0.3 is 30.4 Å². The van der Waals surface area contributed by atoms with Crippen molar-refractivity contribution in [3.05, 3.63) is 68.5 Å². The number of hydrogen-bond donors (Lipinski definition) is 6. The first-order valence-electron chi connectivity index (χ1n) is 8.52. The summed E-state index contributed by atoms with van der Waals surface area (Å²) in [7, 11) is 0. The van der Waals surface area contributed by atoms with Crippen molar-refractivity contribution in [2.75, 3.05) is 13.4 Å². The average molecular weight is 413 g/mol. The summed E-state index contributed by atoms with van der Waals surface area (Å²) in [5, 5.41) is 50.5. The Morgan fingerprint density at radius 3 is 2.48 bits per heavy atom. The maximum atomic E-state index is 13.1. The SMILES string of the molecule is O=c1[nH]c(=O)n([C@]2(O)O[C@H](CO)[C@@H](O)[C@]2(O)N(O)CF)cc1Cc1ccccc1. The molecule has 1 fully saturated rings. The van der Waals surface area contributed by atoms with E-state index in [0.29, 0.717) is 10.1 Å². The summed E-state index contributed by atoms with van der Waals surface area (Å²) in [5.74, 6) is -3.26. The minimum Gasteiger partial charge on any atom is -0.394 e. The van der Waals surface area contributed by atoms with Crippen molar-refractivity contribution >= 4 is 0 Å². The first-order valence-corrected chi connectivity index (χ1v) is 8.52. The predicted octanol–water partition coefficient (Wildman–Crippen LogP) is -2.21. The lowest BCUT2D eigenvalue weighted by molar-refractivity contribution is -0.416. The Balaban J connectivity index is 2.16. The van der Waals surface area contributed by atoms with E-state index < -0.39 is 53.6 Å². The molecule has 0 amide bonds. The van der Waals surface area contributed by atoms with E-state index in [2.05, 4.69) is 0 Å². The highest BCUT2D eigenvalue weighted by Gasteiger charge is 2.70. The van der Waals surface area contributed by atoms with Gasteiger partial charge in [0.1, 0.15) is 12.2 Å². The standard InChI is InChI=1S/C17H20FN3O8/c18-9-21(28)16(26)13(23)12(8-22)29-17(16,27)20-7-11(14(24)19-15(20)25)6-10-4-2-1-3-5-10/h1-5,7,12-13,22-23,26-28H,6,8-9H2,(H,19,24,25)/t12-,13-,16-,17-/m1/s1. The van der Waals surface area contributed by atoms with E-state index in [0.717, 1.165) is 6.20 Å². The summed E-state index contributed by atoms with van der Waals surface area (Å²) in [4.78, 5) is 26.5. The molecular formula is C17H20FN3O8. The van der Waals surface area contributed by atoms with Gasteiger partial charge in [-0.05, 0) is 5.56 Å². The fourth-order valence-electron chi connectivity index (χ4n) is 3.27. The van der Waals surface area contributed by atoms with Gasteiger partial charge in [0.15, 0.2) is 6.80 Å². The summed E-state index contributed by atoms with van der Waals surface area (Å²) in [6.45, 7) is -2.72. The second kappa shape index (κ2) is 7.76. The molecule has 6 N–H and O–H groups in total. The number of hydrogen-bond acceptors (Lipinski definition) is 9. The van der Waals surface area contributed by atoms with Crippen LogP contribution in [0.1, 0.15) is 11.1 Å². The Morgan fingerprint density at radius 2 is 1.90 bits per heavy atom. The third-order valence-electron chi connectivity index (χ3n) is 4.83. The second-order valence-electron chi connectivity index (χ2n) is 6.58. The Bertz CT molecular complexity index is 983. The number of halogens is 1. The highest BCUT2D eigenvalue weighted by molar-refractivity contribution is 5.23. The van der Waals surface area contributed by atoms with E-state index in [1.165, 1.54) is 0 Å². The second-order valence-corrected chi connectivity index (χ2v) is 6.58. The highest BCUT2D eigenvalue weighted by Crippen LogP contribution is 2.42. The fourth-order valence-corrected chi connectivity index (χ4v) is 3.27. The van der Waals surface area contributed by atoms with Crippen LogP contribution in [0.25, 0.3) is 0 Å². The van der Waals surface area contributed by atoms with E-state index in [4.69, 9.17) is 4.74 Å². The number of aliphatic hydroxyl groups excluding tert-OH is 2. The Labute approximate surface area is 162 Å². The molecule has 2 aromatic rings. The summed E-state index contributed by atoms with van der Waals surface area (Å²) in [6, 6.07) is 8.61. The van der Waals surface area contributed by atoms with Crippen LogP contribution in [-0.4, -0.2) is 71.6 Å². The molecular weight excluding hydrogens is 393 g/mol. The molecule has 2 heterocycles. The van der Waals surface area contributed by atoms with E-state index >= 15 is 0 Å². The molecule has 0 unspecified atom stereocenters. The number of aromatic amines is 1. The normalized spacial score (nSPS) is 29.5. The van der Waals surface area contributed by atoms with Crippen LogP contribution in [0, 0.1) is 0 Å². The number of nitrogens with one attached hydrogen (secondary N) is 1. The van der Waals surface area contributed by atoms with Crippen LogP contribution in [-0.2, 0) is 17.1 Å². The zero-order valence-electron chi connectivity index (χ0n) is 15.0. The Hall–Kier alpha value is -2.45. The average Bonchev–Trinajstić information content (AvgIpc) is 2.92. The smallest absolute Gasteiger partial charge is 0.332 e. The number of H-pyrrole nitrogens is 1. The number of alkyl halides is 1. The number of benzene rings is 1. The van der Waals surface area contributed by atoms with Gasteiger partial charge >= 0.3 is 11.6 Å². The Morgan fingerprint density at radius 1 is 1.24 bits per heavy atom. The molecule has 4 atom stereocenters. The molecule has 0 aliphatic carbocycles. The molecule has 0 spiro atoms. The molecule has 0 radical (unpaired) electrons. The van der Waals surface area contributed by atoms with Crippen molar-refractivity contribution in [1.82, 2.24) is 14.6 Å². The molecule has 29 heavy (non-hydrogen) atoms. The minimum absolute atomic E-state index is 0.0168. The molecule has 12 heteroatoms. The maximum absolute atomic E-state index is 13.1. The first kappa shape index (κ1) is 21.3. The molecule has 158 valence electrons. The van der Waals surface area contributed by atoms with Gasteiger partial charge in [-0.25, -0.2) is 13.8 Å². The van der Waals surface area contributed by atoms with Gasteiger partial charge in [0.2, 0.25) is 5.72 Å². The summed E-state index contributed by atoms with van der Waals surface area (Å²) >= 11 is 0.